The zero-order valence-corrected chi connectivity index (χ0v) is 14.4. The summed E-state index contributed by atoms with van der Waals surface area (Å²) in [7, 11) is 2.16. The Hall–Kier alpha value is -1.70. The highest BCUT2D eigenvalue weighted by molar-refractivity contribution is 5.63. The first-order valence-electron chi connectivity index (χ1n) is 8.40. The maximum Gasteiger partial charge on any atom is 0.0647 e. The molecular weight excluding hydrogens is 268 g/mol. The van der Waals surface area contributed by atoms with Gasteiger partial charge < -0.3 is 9.47 Å². The van der Waals surface area contributed by atoms with Crippen molar-refractivity contribution in [1.82, 2.24) is 4.57 Å². The van der Waals surface area contributed by atoms with E-state index in [1.165, 1.54) is 29.7 Å². The highest BCUT2D eigenvalue weighted by Crippen LogP contribution is 2.58. The second-order valence-electron chi connectivity index (χ2n) is 7.77. The molecule has 0 N–H and O–H groups in total. The number of hydrogen-bond acceptors (Lipinski definition) is 1. The van der Waals surface area contributed by atoms with E-state index in [9.17, 15) is 0 Å². The molecule has 3 atom stereocenters. The molecule has 3 heterocycles. The SMILES string of the molecule is Cc1ccccc1N1[C@@H](C)C2(C)CCC1(C)c1cn(C)cc12. The molecule has 2 unspecified atom stereocenters. The van der Waals surface area contributed by atoms with E-state index in [-0.39, 0.29) is 11.0 Å². The number of rotatable bonds is 1. The van der Waals surface area contributed by atoms with Crippen molar-refractivity contribution in [2.45, 2.75) is 57.5 Å². The number of anilines is 1. The quantitative estimate of drug-likeness (QED) is 0.751. The van der Waals surface area contributed by atoms with Crippen molar-refractivity contribution < 1.29 is 0 Å². The number of nitrogens with zero attached hydrogens (tertiary/aromatic N) is 2. The summed E-state index contributed by atoms with van der Waals surface area (Å²) >= 11 is 0. The van der Waals surface area contributed by atoms with Gasteiger partial charge in [-0.3, -0.25) is 0 Å². The third kappa shape index (κ3) is 1.51. The summed E-state index contributed by atoms with van der Waals surface area (Å²) in [6, 6.07) is 9.37. The monoisotopic (exact) mass is 294 g/mol. The fourth-order valence-corrected chi connectivity index (χ4v) is 4.95. The van der Waals surface area contributed by atoms with Crippen molar-refractivity contribution in [3.05, 3.63) is 53.3 Å². The first-order chi connectivity index (χ1) is 10.4. The van der Waals surface area contributed by atoms with E-state index in [1.54, 1.807) is 5.56 Å². The maximum absolute atomic E-state index is 2.70. The molecule has 0 amide bonds. The normalized spacial score (nSPS) is 33.1. The number of para-hydroxylation sites is 1. The molecular formula is C20H26N2. The minimum atomic E-state index is 0.111. The number of piperidine rings is 1. The predicted molar refractivity (Wildman–Crippen MR) is 92.5 cm³/mol. The van der Waals surface area contributed by atoms with Crippen LogP contribution in [0.25, 0.3) is 0 Å². The van der Waals surface area contributed by atoms with Gasteiger partial charge >= 0.3 is 0 Å². The predicted octanol–water partition coefficient (Wildman–Crippen LogP) is 4.51. The summed E-state index contributed by atoms with van der Waals surface area (Å²) in [4.78, 5) is 2.70. The molecule has 5 rings (SSSR count). The van der Waals surface area contributed by atoms with Crippen LogP contribution in [0.1, 0.15) is 50.3 Å². The molecule has 0 radical (unpaired) electrons. The van der Waals surface area contributed by atoms with Gasteiger partial charge in [-0.1, -0.05) is 25.1 Å². The Morgan fingerprint density at radius 3 is 2.45 bits per heavy atom. The van der Waals surface area contributed by atoms with Crippen LogP contribution in [-0.4, -0.2) is 10.6 Å². The van der Waals surface area contributed by atoms with Gasteiger partial charge in [0, 0.05) is 36.6 Å². The van der Waals surface area contributed by atoms with Gasteiger partial charge in [-0.2, -0.15) is 0 Å². The zero-order chi connectivity index (χ0) is 15.7. The van der Waals surface area contributed by atoms with E-state index in [4.69, 9.17) is 0 Å². The van der Waals surface area contributed by atoms with Crippen molar-refractivity contribution in [2.24, 2.45) is 7.05 Å². The van der Waals surface area contributed by atoms with Gasteiger partial charge in [0.25, 0.3) is 0 Å². The molecule has 2 bridgehead atoms. The van der Waals surface area contributed by atoms with Crippen LogP contribution in [0.4, 0.5) is 5.69 Å². The summed E-state index contributed by atoms with van der Waals surface area (Å²) in [5.74, 6) is 0. The third-order valence-electron chi connectivity index (χ3n) is 6.50. The number of hydrogen-bond donors (Lipinski definition) is 0. The van der Waals surface area contributed by atoms with Crippen LogP contribution in [-0.2, 0) is 18.0 Å². The molecule has 116 valence electrons. The molecule has 1 saturated heterocycles. The van der Waals surface area contributed by atoms with Gasteiger partial charge in [0.2, 0.25) is 0 Å². The number of aryl methyl sites for hydroxylation is 2. The Labute approximate surface area is 133 Å². The van der Waals surface area contributed by atoms with Crippen LogP contribution >= 0.6 is 0 Å². The Morgan fingerprint density at radius 1 is 1.05 bits per heavy atom. The molecule has 22 heavy (non-hydrogen) atoms. The van der Waals surface area contributed by atoms with Crippen LogP contribution in [0.3, 0.4) is 0 Å². The Kier molecular flexibility index (Phi) is 2.65. The fourth-order valence-electron chi connectivity index (χ4n) is 4.95. The Morgan fingerprint density at radius 2 is 1.73 bits per heavy atom. The summed E-state index contributed by atoms with van der Waals surface area (Å²) < 4.78 is 2.25. The average molecular weight is 294 g/mol. The standard InChI is InChI=1S/C20H26N2/c1-14-8-6-7-9-18(14)22-15(2)19(3)10-11-20(22,4)17-13-21(5)12-16(17)19/h6-9,12-13,15H,10-11H2,1-5H3/t15-,19?,20?/m0/s1. The lowest BCUT2D eigenvalue weighted by Crippen LogP contribution is -2.65. The van der Waals surface area contributed by atoms with Gasteiger partial charge in [0.1, 0.15) is 0 Å². The lowest BCUT2D eigenvalue weighted by atomic mass is 9.57. The van der Waals surface area contributed by atoms with Gasteiger partial charge in [-0.05, 0) is 56.4 Å². The molecule has 2 nitrogen and oxygen atoms in total. The van der Waals surface area contributed by atoms with Gasteiger partial charge in [0.05, 0.1) is 5.54 Å². The Balaban J connectivity index is 1.98. The van der Waals surface area contributed by atoms with Crippen molar-refractivity contribution in [1.29, 1.82) is 0 Å². The summed E-state index contributed by atoms with van der Waals surface area (Å²) in [6.45, 7) is 9.55. The minimum absolute atomic E-state index is 0.111. The molecule has 1 aromatic heterocycles. The summed E-state index contributed by atoms with van der Waals surface area (Å²) in [5.41, 5.74) is 6.24. The molecule has 3 aliphatic rings. The first kappa shape index (κ1) is 13.9. The van der Waals surface area contributed by atoms with Gasteiger partial charge in [-0.15, -0.1) is 0 Å². The van der Waals surface area contributed by atoms with Crippen LogP contribution in [0.15, 0.2) is 36.7 Å². The average Bonchev–Trinajstić information content (AvgIpc) is 2.89. The Bertz CT molecular complexity index is 744. The van der Waals surface area contributed by atoms with E-state index in [0.717, 1.165) is 0 Å². The molecule has 2 heteroatoms. The van der Waals surface area contributed by atoms with Crippen molar-refractivity contribution >= 4 is 5.69 Å². The summed E-state index contributed by atoms with van der Waals surface area (Å²) in [5, 5.41) is 0. The molecule has 2 aromatic rings. The molecule has 1 fully saturated rings. The molecule has 1 aromatic carbocycles. The second kappa shape index (κ2) is 4.18. The second-order valence-corrected chi connectivity index (χ2v) is 7.77. The molecule has 0 spiro atoms. The van der Waals surface area contributed by atoms with Crippen LogP contribution in [0, 0.1) is 6.92 Å². The van der Waals surface area contributed by atoms with E-state index >= 15 is 0 Å². The lowest BCUT2D eigenvalue weighted by Gasteiger charge is -2.62. The summed E-state index contributed by atoms with van der Waals surface area (Å²) in [6.07, 6.45) is 7.23. The smallest absolute Gasteiger partial charge is 0.0647 e. The fraction of sp³-hybridized carbons (Fsp3) is 0.500. The van der Waals surface area contributed by atoms with E-state index in [0.29, 0.717) is 6.04 Å². The number of benzene rings is 1. The van der Waals surface area contributed by atoms with Crippen LogP contribution < -0.4 is 4.90 Å². The number of fused-ring (bicyclic) bond motifs is 2. The van der Waals surface area contributed by atoms with Gasteiger partial charge in [0.15, 0.2) is 0 Å². The minimum Gasteiger partial charge on any atom is -0.358 e. The van der Waals surface area contributed by atoms with Gasteiger partial charge in [-0.25, -0.2) is 0 Å². The highest BCUT2D eigenvalue weighted by Gasteiger charge is 2.57. The van der Waals surface area contributed by atoms with Crippen LogP contribution in [0.5, 0.6) is 0 Å². The highest BCUT2D eigenvalue weighted by atomic mass is 15.3. The largest absolute Gasteiger partial charge is 0.358 e. The molecule has 2 aliphatic heterocycles. The topological polar surface area (TPSA) is 8.17 Å². The van der Waals surface area contributed by atoms with Crippen molar-refractivity contribution in [2.75, 3.05) is 4.90 Å². The molecule has 0 saturated carbocycles. The van der Waals surface area contributed by atoms with E-state index in [2.05, 4.69) is 80.9 Å². The third-order valence-corrected chi connectivity index (χ3v) is 6.50. The molecule has 1 aliphatic carbocycles. The van der Waals surface area contributed by atoms with Crippen molar-refractivity contribution in [3.63, 3.8) is 0 Å². The van der Waals surface area contributed by atoms with Crippen LogP contribution in [0.2, 0.25) is 0 Å². The first-order valence-corrected chi connectivity index (χ1v) is 8.40. The zero-order valence-electron chi connectivity index (χ0n) is 14.4. The van der Waals surface area contributed by atoms with E-state index in [1.807, 2.05) is 0 Å². The van der Waals surface area contributed by atoms with Crippen molar-refractivity contribution in [3.8, 4) is 0 Å². The van der Waals surface area contributed by atoms with E-state index < -0.39 is 0 Å². The number of aromatic nitrogens is 1. The lowest BCUT2D eigenvalue weighted by molar-refractivity contribution is 0.167. The maximum atomic E-state index is 2.70.